The molecule has 0 atom stereocenters. The lowest BCUT2D eigenvalue weighted by atomic mass is 10.0. The largest absolute Gasteiger partial charge is 0.357 e. The lowest BCUT2D eigenvalue weighted by Gasteiger charge is -2.28. The van der Waals surface area contributed by atoms with Gasteiger partial charge in [-0.15, -0.1) is 10.2 Å². The van der Waals surface area contributed by atoms with Crippen LogP contribution in [-0.4, -0.2) is 57.9 Å². The van der Waals surface area contributed by atoms with Gasteiger partial charge in [0.1, 0.15) is 5.70 Å². The molecule has 0 aliphatic carbocycles. The monoisotopic (exact) mass is 377 g/mol. The van der Waals surface area contributed by atoms with Crippen molar-refractivity contribution in [2.45, 2.75) is 12.8 Å². The molecule has 1 aromatic heterocycles. The van der Waals surface area contributed by atoms with Crippen molar-refractivity contribution >= 4 is 23.5 Å². The number of carbonyl (C=O) groups excluding carboxylic acids is 3. The topological polar surface area (TPSA) is 95.5 Å². The molecule has 0 fully saturated rings. The van der Waals surface area contributed by atoms with E-state index in [1.54, 1.807) is 17.0 Å². The number of carbonyl (C=O) groups is 3. The number of benzene rings is 1. The predicted octanol–water partition coefficient (Wildman–Crippen LogP) is 1.43. The van der Waals surface area contributed by atoms with E-state index in [0.717, 1.165) is 16.9 Å². The van der Waals surface area contributed by atoms with Gasteiger partial charge in [0.15, 0.2) is 5.82 Å². The number of rotatable bonds is 4. The van der Waals surface area contributed by atoms with E-state index in [0.29, 0.717) is 35.7 Å². The molecule has 0 unspecified atom stereocenters. The van der Waals surface area contributed by atoms with Crippen molar-refractivity contribution in [3.05, 3.63) is 53.7 Å². The smallest absolute Gasteiger partial charge is 0.277 e. The van der Waals surface area contributed by atoms with E-state index in [1.165, 1.54) is 7.05 Å². The van der Waals surface area contributed by atoms with Crippen LogP contribution in [0.2, 0.25) is 0 Å². The molecule has 1 aromatic carbocycles. The molecule has 2 aliphatic rings. The Balaban J connectivity index is 1.43. The Kier molecular flexibility index (Phi) is 4.60. The number of aromatic nitrogens is 2. The first-order valence-corrected chi connectivity index (χ1v) is 9.04. The first-order chi connectivity index (χ1) is 13.5. The summed E-state index contributed by atoms with van der Waals surface area (Å²) in [6.45, 7) is 0.533. The predicted molar refractivity (Wildman–Crippen MR) is 102 cm³/mol. The van der Waals surface area contributed by atoms with Gasteiger partial charge in [0.25, 0.3) is 11.8 Å². The van der Waals surface area contributed by atoms with Crippen LogP contribution in [-0.2, 0) is 14.4 Å². The highest BCUT2D eigenvalue weighted by atomic mass is 16.2. The van der Waals surface area contributed by atoms with Gasteiger partial charge < -0.3 is 10.2 Å². The van der Waals surface area contributed by atoms with Crippen LogP contribution in [0.5, 0.6) is 0 Å². The van der Waals surface area contributed by atoms with Gasteiger partial charge in [-0.05, 0) is 25.0 Å². The summed E-state index contributed by atoms with van der Waals surface area (Å²) in [5.74, 6) is -0.598. The van der Waals surface area contributed by atoms with E-state index in [9.17, 15) is 14.4 Å². The minimum Gasteiger partial charge on any atom is -0.357 e. The van der Waals surface area contributed by atoms with Gasteiger partial charge in [-0.25, -0.2) is 0 Å². The SMILES string of the molecule is CN1C(=O)C2=C(C1=O)N(CC(=O)Nc1ccc(-c3ccccc3)nn1)CCC2. The molecule has 1 N–H and O–H groups in total. The Morgan fingerprint density at radius 3 is 2.57 bits per heavy atom. The Labute approximate surface area is 161 Å². The summed E-state index contributed by atoms with van der Waals surface area (Å²) in [6, 6.07) is 13.1. The Hall–Kier alpha value is -3.55. The van der Waals surface area contributed by atoms with Crippen LogP contribution >= 0.6 is 0 Å². The van der Waals surface area contributed by atoms with Crippen molar-refractivity contribution in [2.75, 3.05) is 25.5 Å². The van der Waals surface area contributed by atoms with Crippen LogP contribution < -0.4 is 5.32 Å². The van der Waals surface area contributed by atoms with Gasteiger partial charge in [-0.1, -0.05) is 30.3 Å². The highest BCUT2D eigenvalue weighted by Gasteiger charge is 2.40. The van der Waals surface area contributed by atoms with Crippen LogP contribution in [0.3, 0.4) is 0 Å². The van der Waals surface area contributed by atoms with E-state index >= 15 is 0 Å². The average molecular weight is 377 g/mol. The van der Waals surface area contributed by atoms with E-state index in [4.69, 9.17) is 0 Å². The van der Waals surface area contributed by atoms with Crippen molar-refractivity contribution < 1.29 is 14.4 Å². The fourth-order valence-corrected chi connectivity index (χ4v) is 3.47. The zero-order valence-electron chi connectivity index (χ0n) is 15.4. The summed E-state index contributed by atoms with van der Waals surface area (Å²) in [5.41, 5.74) is 2.50. The average Bonchev–Trinajstić information content (AvgIpc) is 2.94. The molecule has 2 aromatic rings. The summed E-state index contributed by atoms with van der Waals surface area (Å²) in [6.07, 6.45) is 1.29. The molecule has 0 spiro atoms. The number of hydrogen-bond donors (Lipinski definition) is 1. The molecule has 0 bridgehead atoms. The number of nitrogens with zero attached hydrogens (tertiary/aromatic N) is 4. The molecule has 3 heterocycles. The second-order valence-corrected chi connectivity index (χ2v) is 6.74. The third-order valence-corrected chi connectivity index (χ3v) is 4.86. The lowest BCUT2D eigenvalue weighted by Crippen LogP contribution is -2.38. The molecule has 28 heavy (non-hydrogen) atoms. The van der Waals surface area contributed by atoms with E-state index in [-0.39, 0.29) is 24.3 Å². The normalized spacial score (nSPS) is 16.5. The molecule has 4 rings (SSSR count). The number of anilines is 1. The van der Waals surface area contributed by atoms with E-state index < -0.39 is 0 Å². The third kappa shape index (κ3) is 3.24. The summed E-state index contributed by atoms with van der Waals surface area (Å²) >= 11 is 0. The van der Waals surface area contributed by atoms with Crippen molar-refractivity contribution in [3.8, 4) is 11.3 Å². The van der Waals surface area contributed by atoms with Crippen LogP contribution in [0.1, 0.15) is 12.8 Å². The molecule has 3 amide bonds. The van der Waals surface area contributed by atoms with Gasteiger partial charge in [0, 0.05) is 24.7 Å². The van der Waals surface area contributed by atoms with E-state index in [1.807, 2.05) is 30.3 Å². The summed E-state index contributed by atoms with van der Waals surface area (Å²) in [7, 11) is 1.46. The first-order valence-electron chi connectivity index (χ1n) is 9.04. The molecule has 0 saturated carbocycles. The second-order valence-electron chi connectivity index (χ2n) is 6.74. The third-order valence-electron chi connectivity index (χ3n) is 4.86. The second kappa shape index (κ2) is 7.22. The molecular weight excluding hydrogens is 358 g/mol. The molecule has 2 aliphatic heterocycles. The number of nitrogens with one attached hydrogen (secondary N) is 1. The summed E-state index contributed by atoms with van der Waals surface area (Å²) in [5, 5.41) is 10.9. The Bertz CT molecular complexity index is 969. The van der Waals surface area contributed by atoms with Gasteiger partial charge in [0.2, 0.25) is 5.91 Å². The zero-order chi connectivity index (χ0) is 19.7. The van der Waals surface area contributed by atoms with Crippen molar-refractivity contribution in [3.63, 3.8) is 0 Å². The van der Waals surface area contributed by atoms with Crippen LogP contribution in [0, 0.1) is 0 Å². The van der Waals surface area contributed by atoms with Crippen molar-refractivity contribution in [2.24, 2.45) is 0 Å². The van der Waals surface area contributed by atoms with Gasteiger partial charge in [-0.2, -0.15) is 0 Å². The molecular formula is C20H19N5O3. The highest BCUT2D eigenvalue weighted by molar-refractivity contribution is 6.19. The quantitative estimate of drug-likeness (QED) is 0.810. The van der Waals surface area contributed by atoms with Crippen LogP contribution in [0.25, 0.3) is 11.3 Å². The maximum absolute atomic E-state index is 12.4. The fourth-order valence-electron chi connectivity index (χ4n) is 3.47. The number of hydrogen-bond acceptors (Lipinski definition) is 6. The zero-order valence-corrected chi connectivity index (χ0v) is 15.4. The van der Waals surface area contributed by atoms with E-state index in [2.05, 4.69) is 15.5 Å². The van der Waals surface area contributed by atoms with Crippen molar-refractivity contribution in [1.29, 1.82) is 0 Å². The van der Waals surface area contributed by atoms with Crippen LogP contribution in [0.4, 0.5) is 5.82 Å². The number of imide groups is 1. The molecule has 142 valence electrons. The Morgan fingerprint density at radius 1 is 1.07 bits per heavy atom. The fraction of sp³-hybridized carbons (Fsp3) is 0.250. The number of likely N-dealkylation sites (N-methyl/N-ethyl adjacent to an activating group) is 1. The maximum Gasteiger partial charge on any atom is 0.277 e. The van der Waals surface area contributed by atoms with Crippen LogP contribution in [0.15, 0.2) is 53.7 Å². The minimum absolute atomic E-state index is 0.0200. The molecule has 8 nitrogen and oxygen atoms in total. The maximum atomic E-state index is 12.4. The standard InChI is InChI=1S/C20H19N5O3/c1-24-19(27)14-8-5-11-25(18(14)20(24)28)12-17(26)21-16-10-9-15(22-23-16)13-6-3-2-4-7-13/h2-4,6-7,9-10H,5,8,11-12H2,1H3,(H,21,23,26). The van der Waals surface area contributed by atoms with Gasteiger partial charge in [-0.3, -0.25) is 19.3 Å². The highest BCUT2D eigenvalue weighted by Crippen LogP contribution is 2.30. The molecule has 0 radical (unpaired) electrons. The van der Waals surface area contributed by atoms with Crippen molar-refractivity contribution in [1.82, 2.24) is 20.0 Å². The van der Waals surface area contributed by atoms with Gasteiger partial charge in [0.05, 0.1) is 12.2 Å². The number of amides is 3. The minimum atomic E-state index is -0.348. The first kappa shape index (κ1) is 17.8. The Morgan fingerprint density at radius 2 is 1.86 bits per heavy atom. The molecule has 8 heteroatoms. The molecule has 0 saturated heterocycles. The summed E-state index contributed by atoms with van der Waals surface area (Å²) in [4.78, 5) is 39.7. The van der Waals surface area contributed by atoms with Gasteiger partial charge >= 0.3 is 0 Å². The summed E-state index contributed by atoms with van der Waals surface area (Å²) < 4.78 is 0. The lowest BCUT2D eigenvalue weighted by molar-refractivity contribution is -0.136.